The first-order valence-electron chi connectivity index (χ1n) is 5.86. The van der Waals surface area contributed by atoms with Crippen LogP contribution in [-0.2, 0) is 19.6 Å². The first-order valence-corrected chi connectivity index (χ1v) is 7.71. The molecule has 96 valence electrons. The number of ether oxygens (including phenoxy) is 1. The molecule has 3 heterocycles. The molecule has 1 amide bonds. The molecule has 0 unspecified atom stereocenters. The summed E-state index contributed by atoms with van der Waals surface area (Å²) in [6.07, 6.45) is 2.88. The van der Waals surface area contributed by atoms with Crippen LogP contribution in [0.2, 0.25) is 0 Å². The highest BCUT2D eigenvalue weighted by Crippen LogP contribution is 2.45. The Morgan fingerprint density at radius 1 is 1.41 bits per heavy atom. The predicted molar refractivity (Wildman–Crippen MR) is 59.6 cm³/mol. The van der Waals surface area contributed by atoms with Gasteiger partial charge in [0.25, 0.3) is 0 Å². The van der Waals surface area contributed by atoms with Crippen LogP contribution in [-0.4, -0.2) is 61.2 Å². The third kappa shape index (κ3) is 1.45. The summed E-state index contributed by atoms with van der Waals surface area (Å²) in [6.45, 7) is 1.75. The third-order valence-corrected chi connectivity index (χ3v) is 5.28. The minimum absolute atomic E-state index is 0.0167. The average Bonchev–Trinajstić information content (AvgIpc) is 2.69. The average molecular weight is 260 g/mol. The van der Waals surface area contributed by atoms with Crippen molar-refractivity contribution >= 4 is 15.9 Å². The van der Waals surface area contributed by atoms with Crippen molar-refractivity contribution in [2.75, 3.05) is 26.0 Å². The molecule has 0 N–H and O–H groups in total. The van der Waals surface area contributed by atoms with Crippen LogP contribution in [0, 0.1) is 0 Å². The second kappa shape index (κ2) is 3.43. The highest BCUT2D eigenvalue weighted by Gasteiger charge is 2.62. The molecule has 6 nitrogen and oxygen atoms in total. The van der Waals surface area contributed by atoms with E-state index in [0.29, 0.717) is 26.1 Å². The molecule has 7 heteroatoms. The summed E-state index contributed by atoms with van der Waals surface area (Å²) < 4.78 is 30.6. The molecule has 0 saturated carbocycles. The highest BCUT2D eigenvalue weighted by molar-refractivity contribution is 7.88. The maximum atomic E-state index is 11.9. The normalized spacial score (nSPS) is 38.3. The van der Waals surface area contributed by atoms with Gasteiger partial charge in [-0.2, -0.15) is 4.31 Å². The van der Waals surface area contributed by atoms with Gasteiger partial charge in [0.1, 0.15) is 0 Å². The third-order valence-electron chi connectivity index (χ3n) is 3.99. The summed E-state index contributed by atoms with van der Waals surface area (Å²) in [5.74, 6) is 0.0167. The second-order valence-corrected chi connectivity index (χ2v) is 6.87. The molecule has 3 rings (SSSR count). The molecule has 0 bridgehead atoms. The van der Waals surface area contributed by atoms with Crippen molar-refractivity contribution in [3.8, 4) is 0 Å². The van der Waals surface area contributed by atoms with E-state index >= 15 is 0 Å². The number of amides is 1. The summed E-state index contributed by atoms with van der Waals surface area (Å²) in [5, 5.41) is 0. The van der Waals surface area contributed by atoms with E-state index < -0.39 is 15.7 Å². The summed E-state index contributed by atoms with van der Waals surface area (Å²) in [7, 11) is -3.26. The molecule has 3 aliphatic rings. The Labute approximate surface area is 101 Å². The monoisotopic (exact) mass is 260 g/mol. The summed E-state index contributed by atoms with van der Waals surface area (Å²) in [5.41, 5.74) is -0.668. The Bertz CT molecular complexity index is 463. The molecular formula is C10H16N2O4S. The molecule has 17 heavy (non-hydrogen) atoms. The number of carbonyl (C=O) groups excluding carboxylic acids is 1. The molecule has 0 aromatic heterocycles. The fourth-order valence-corrected chi connectivity index (χ4v) is 4.43. The van der Waals surface area contributed by atoms with Gasteiger partial charge in [0, 0.05) is 25.9 Å². The van der Waals surface area contributed by atoms with Crippen molar-refractivity contribution in [2.24, 2.45) is 0 Å². The predicted octanol–water partition coefficient (Wildman–Crippen LogP) is -0.631. The maximum absolute atomic E-state index is 11.9. The molecule has 3 fully saturated rings. The fraction of sp³-hybridized carbons (Fsp3) is 0.900. The van der Waals surface area contributed by atoms with Crippen molar-refractivity contribution in [1.82, 2.24) is 9.21 Å². The van der Waals surface area contributed by atoms with Crippen LogP contribution in [0.15, 0.2) is 0 Å². The van der Waals surface area contributed by atoms with Gasteiger partial charge < -0.3 is 9.64 Å². The lowest BCUT2D eigenvalue weighted by Gasteiger charge is -2.42. The van der Waals surface area contributed by atoms with Crippen LogP contribution in [0.4, 0.5) is 0 Å². The van der Waals surface area contributed by atoms with Crippen molar-refractivity contribution < 1.29 is 17.9 Å². The standard InChI is InChI=1S/C10H16N2O4S/c1-17(14,15)12-5-3-10-8(12)7-9(13)11(10)4-2-6-16-10/h8H,2-7H2,1H3/t8-,10+/m1/s1. The molecule has 0 aromatic rings. The van der Waals surface area contributed by atoms with Crippen LogP contribution in [0.25, 0.3) is 0 Å². The van der Waals surface area contributed by atoms with Crippen LogP contribution >= 0.6 is 0 Å². The second-order valence-electron chi connectivity index (χ2n) is 4.94. The van der Waals surface area contributed by atoms with E-state index in [1.54, 1.807) is 4.90 Å². The first-order chi connectivity index (χ1) is 7.95. The number of sulfonamides is 1. The molecule has 0 aliphatic carbocycles. The molecule has 0 radical (unpaired) electrons. The topological polar surface area (TPSA) is 66.9 Å². The van der Waals surface area contributed by atoms with Gasteiger partial charge in [-0.05, 0) is 6.42 Å². The Morgan fingerprint density at radius 3 is 2.88 bits per heavy atom. The van der Waals surface area contributed by atoms with Crippen molar-refractivity contribution in [1.29, 1.82) is 0 Å². The van der Waals surface area contributed by atoms with Crippen LogP contribution in [0.5, 0.6) is 0 Å². The minimum Gasteiger partial charge on any atom is -0.354 e. The van der Waals surface area contributed by atoms with Gasteiger partial charge in [-0.25, -0.2) is 8.42 Å². The van der Waals surface area contributed by atoms with Gasteiger partial charge in [-0.3, -0.25) is 4.79 Å². The number of carbonyl (C=O) groups is 1. The van der Waals surface area contributed by atoms with E-state index in [1.165, 1.54) is 10.6 Å². The molecule has 0 aromatic carbocycles. The number of rotatable bonds is 1. The van der Waals surface area contributed by atoms with Crippen molar-refractivity contribution in [3.63, 3.8) is 0 Å². The smallest absolute Gasteiger partial charge is 0.226 e. The zero-order chi connectivity index (χ0) is 12.3. The van der Waals surface area contributed by atoms with Gasteiger partial charge in [-0.1, -0.05) is 0 Å². The molecule has 2 atom stereocenters. The Balaban J connectivity index is 2.00. The summed E-state index contributed by atoms with van der Waals surface area (Å²) >= 11 is 0. The zero-order valence-electron chi connectivity index (χ0n) is 9.76. The first kappa shape index (κ1) is 11.4. The lowest BCUT2D eigenvalue weighted by atomic mass is 10.0. The quantitative estimate of drug-likeness (QED) is 0.629. The van der Waals surface area contributed by atoms with E-state index in [0.717, 1.165) is 6.42 Å². The van der Waals surface area contributed by atoms with Gasteiger partial charge in [0.05, 0.1) is 18.9 Å². The molecule has 1 spiro atoms. The summed E-state index contributed by atoms with van der Waals surface area (Å²) in [4.78, 5) is 13.7. The SMILES string of the molecule is CS(=O)(=O)N1CC[C@@]23OCCCN2C(=O)C[C@@H]13. The van der Waals surface area contributed by atoms with Crippen LogP contribution in [0.1, 0.15) is 19.3 Å². The highest BCUT2D eigenvalue weighted by atomic mass is 32.2. The zero-order valence-corrected chi connectivity index (χ0v) is 10.6. The van der Waals surface area contributed by atoms with Crippen LogP contribution in [0.3, 0.4) is 0 Å². The van der Waals surface area contributed by atoms with E-state index in [2.05, 4.69) is 0 Å². The van der Waals surface area contributed by atoms with Crippen LogP contribution < -0.4 is 0 Å². The van der Waals surface area contributed by atoms with E-state index in [-0.39, 0.29) is 18.4 Å². The lowest BCUT2D eigenvalue weighted by molar-refractivity contribution is -0.178. The van der Waals surface area contributed by atoms with E-state index in [1.807, 2.05) is 0 Å². The Kier molecular flexibility index (Phi) is 2.30. The van der Waals surface area contributed by atoms with Gasteiger partial charge in [0.2, 0.25) is 15.9 Å². The number of hydrogen-bond donors (Lipinski definition) is 0. The molecular weight excluding hydrogens is 244 g/mol. The molecule has 3 aliphatic heterocycles. The Morgan fingerprint density at radius 2 is 2.18 bits per heavy atom. The Hall–Kier alpha value is -0.660. The number of nitrogens with zero attached hydrogens (tertiary/aromatic N) is 2. The van der Waals surface area contributed by atoms with Crippen molar-refractivity contribution in [3.05, 3.63) is 0 Å². The largest absolute Gasteiger partial charge is 0.354 e. The fourth-order valence-electron chi connectivity index (χ4n) is 3.31. The van der Waals surface area contributed by atoms with E-state index in [4.69, 9.17) is 4.74 Å². The number of hydrogen-bond acceptors (Lipinski definition) is 4. The van der Waals surface area contributed by atoms with Gasteiger partial charge >= 0.3 is 0 Å². The van der Waals surface area contributed by atoms with E-state index in [9.17, 15) is 13.2 Å². The van der Waals surface area contributed by atoms with Crippen molar-refractivity contribution in [2.45, 2.75) is 31.0 Å². The minimum atomic E-state index is -3.26. The summed E-state index contributed by atoms with van der Waals surface area (Å²) in [6, 6.07) is -0.328. The lowest BCUT2D eigenvalue weighted by Crippen LogP contribution is -2.56. The molecule has 3 saturated heterocycles. The van der Waals surface area contributed by atoms with Gasteiger partial charge in [0.15, 0.2) is 5.72 Å². The van der Waals surface area contributed by atoms with Gasteiger partial charge in [-0.15, -0.1) is 0 Å². The maximum Gasteiger partial charge on any atom is 0.226 e.